The number of carbonyl (C=O) groups is 2. The van der Waals surface area contributed by atoms with Gasteiger partial charge in [0.1, 0.15) is 11.3 Å². The van der Waals surface area contributed by atoms with Gasteiger partial charge in [-0.2, -0.15) is 0 Å². The summed E-state index contributed by atoms with van der Waals surface area (Å²) >= 11 is 6.49. The van der Waals surface area contributed by atoms with Gasteiger partial charge in [-0.3, -0.25) is 9.52 Å². The smallest absolute Gasteiger partial charge is 0.338 e. The number of allylic oxidation sites excluding steroid dienone is 1. The van der Waals surface area contributed by atoms with Crippen LogP contribution >= 0.6 is 11.6 Å². The largest absolute Gasteiger partial charge is 0.490 e. The van der Waals surface area contributed by atoms with Crippen LogP contribution in [-0.2, 0) is 31.1 Å². The third-order valence-electron chi connectivity index (χ3n) is 12.5. The van der Waals surface area contributed by atoms with Crippen LogP contribution in [0.2, 0.25) is 5.02 Å². The number of nitrogens with zero attached hydrogens (tertiary/aromatic N) is 5. The number of aryl methyl sites for hydroxylation is 1. The average Bonchev–Trinajstić information content (AvgIpc) is 3.49. The van der Waals surface area contributed by atoms with Gasteiger partial charge in [0.2, 0.25) is 5.65 Å². The van der Waals surface area contributed by atoms with Crippen molar-refractivity contribution in [1.82, 2.24) is 24.9 Å². The van der Waals surface area contributed by atoms with Gasteiger partial charge in [0.25, 0.3) is 5.91 Å². The van der Waals surface area contributed by atoms with Gasteiger partial charge in [0, 0.05) is 47.6 Å². The molecule has 2 bridgehead atoms. The van der Waals surface area contributed by atoms with Gasteiger partial charge in [-0.05, 0) is 133 Å². The highest BCUT2D eigenvalue weighted by atomic mass is 35.5. The number of methoxy groups -OCH3 is 1. The third kappa shape index (κ3) is 6.99. The normalized spacial score (nSPS) is 31.3. The van der Waals surface area contributed by atoms with Gasteiger partial charge in [-0.15, -0.1) is 5.10 Å². The number of fused-ring (bicyclic) bond motifs is 5. The summed E-state index contributed by atoms with van der Waals surface area (Å²) in [4.78, 5) is 41.1. The molecule has 1 fully saturated rings. The monoisotopic (exact) mass is 786 g/mol. The van der Waals surface area contributed by atoms with Crippen LogP contribution in [-0.4, -0.2) is 79.8 Å². The van der Waals surface area contributed by atoms with Crippen molar-refractivity contribution in [1.29, 1.82) is 0 Å². The number of nitrogens with one attached hydrogen (secondary N) is 1. The summed E-state index contributed by atoms with van der Waals surface area (Å²) in [5.41, 5.74) is 3.14. The van der Waals surface area contributed by atoms with E-state index >= 15 is 0 Å². The predicted octanol–water partition coefficient (Wildman–Crippen LogP) is 5.76. The van der Waals surface area contributed by atoms with Crippen LogP contribution in [0.15, 0.2) is 66.9 Å². The van der Waals surface area contributed by atoms with Crippen LogP contribution in [0.4, 0.5) is 5.69 Å². The fraction of sp³-hybridized carbons (Fsp3) is 0.463. The van der Waals surface area contributed by atoms with E-state index in [0.717, 1.165) is 42.6 Å². The zero-order valence-corrected chi connectivity index (χ0v) is 33.0. The Bertz CT molecular complexity index is 2280. The molecule has 14 heteroatoms. The second-order valence-electron chi connectivity index (χ2n) is 15.8. The Morgan fingerprint density at radius 2 is 2.04 bits per heavy atom. The van der Waals surface area contributed by atoms with Gasteiger partial charge in [0.05, 0.1) is 34.0 Å². The molecule has 1 spiro atoms. The lowest BCUT2D eigenvalue weighted by Gasteiger charge is -2.50. The summed E-state index contributed by atoms with van der Waals surface area (Å²) in [6, 6.07) is 15.1. The number of benzene rings is 2. The first-order valence-electron chi connectivity index (χ1n) is 19.0. The van der Waals surface area contributed by atoms with E-state index in [2.05, 4.69) is 42.9 Å². The molecule has 4 aromatic rings. The van der Waals surface area contributed by atoms with E-state index in [1.54, 1.807) is 31.5 Å². The number of amides is 1. The second-order valence-corrected chi connectivity index (χ2v) is 18.7. The fourth-order valence-corrected chi connectivity index (χ4v) is 10.8. The van der Waals surface area contributed by atoms with Crippen LogP contribution < -0.4 is 19.2 Å². The second kappa shape index (κ2) is 14.6. The molecule has 1 unspecified atom stereocenters. The van der Waals surface area contributed by atoms with E-state index in [-0.39, 0.29) is 29.6 Å². The first kappa shape index (κ1) is 37.5. The van der Waals surface area contributed by atoms with Gasteiger partial charge >= 0.3 is 5.97 Å². The molecule has 1 amide bonds. The molecule has 4 heterocycles. The Hall–Kier alpha value is -4.46. The number of ether oxygens (including phenoxy) is 2. The van der Waals surface area contributed by atoms with Gasteiger partial charge in [-0.25, -0.2) is 14.0 Å². The van der Waals surface area contributed by atoms with Gasteiger partial charge in [-0.1, -0.05) is 36.7 Å². The number of anilines is 1. The average molecular weight is 787 g/mol. The minimum Gasteiger partial charge on any atom is -0.490 e. The highest BCUT2D eigenvalue weighted by molar-refractivity contribution is 7.99. The first-order valence-corrected chi connectivity index (χ1v) is 21.2. The van der Waals surface area contributed by atoms with E-state index in [1.807, 2.05) is 44.2 Å². The van der Waals surface area contributed by atoms with Crippen molar-refractivity contribution < 1.29 is 28.1 Å². The van der Waals surface area contributed by atoms with E-state index in [1.165, 1.54) is 11.1 Å². The first-order chi connectivity index (χ1) is 26.4. The van der Waals surface area contributed by atoms with E-state index < -0.39 is 32.4 Å². The number of pyridine rings is 1. The molecule has 2 aromatic heterocycles. The molecule has 12 nitrogen and oxygen atoms in total. The molecule has 0 saturated heterocycles. The molecule has 7 atom stereocenters. The molecule has 2 aliphatic carbocycles. The summed E-state index contributed by atoms with van der Waals surface area (Å²) in [6.07, 6.45) is 10.6. The summed E-state index contributed by atoms with van der Waals surface area (Å²) in [5.74, 6) is 3.65. The molecule has 0 radical (unpaired) electrons. The molecular weight excluding hydrogens is 740 g/mol. The molecule has 2 aliphatic heterocycles. The molecule has 4 aliphatic rings. The quantitative estimate of drug-likeness (QED) is 0.155. The Balaban J connectivity index is 1.19. The maximum atomic E-state index is 14.0. The molecule has 55 heavy (non-hydrogen) atoms. The maximum Gasteiger partial charge on any atom is 0.338 e. The number of halogens is 1. The Morgan fingerprint density at radius 3 is 2.84 bits per heavy atom. The molecule has 2 aromatic carbocycles. The minimum absolute atomic E-state index is 0.0582. The lowest BCUT2D eigenvalue weighted by molar-refractivity contribution is -0.156. The Morgan fingerprint density at radius 1 is 1.18 bits per heavy atom. The molecule has 8 rings (SSSR count). The zero-order chi connectivity index (χ0) is 38.5. The van der Waals surface area contributed by atoms with Crippen molar-refractivity contribution in [2.75, 3.05) is 31.7 Å². The highest BCUT2D eigenvalue weighted by Gasteiger charge is 2.50. The van der Waals surface area contributed by atoms with E-state index in [0.29, 0.717) is 53.6 Å². The Kier molecular flexibility index (Phi) is 9.92. The van der Waals surface area contributed by atoms with Crippen molar-refractivity contribution >= 4 is 55.9 Å². The maximum absolute atomic E-state index is 14.0. The van der Waals surface area contributed by atoms with Crippen molar-refractivity contribution in [2.45, 2.75) is 75.1 Å². The molecular formula is C41H47ClN6O6S. The van der Waals surface area contributed by atoms with Crippen molar-refractivity contribution in [3.63, 3.8) is 0 Å². The summed E-state index contributed by atoms with van der Waals surface area (Å²) in [6.45, 7) is 5.57. The molecule has 290 valence electrons. The number of hydrogen-bond acceptors (Lipinski definition) is 10. The molecule has 1 saturated carbocycles. The summed E-state index contributed by atoms with van der Waals surface area (Å²) < 4.78 is 29.9. The van der Waals surface area contributed by atoms with Crippen LogP contribution in [0.25, 0.3) is 11.2 Å². The predicted molar refractivity (Wildman–Crippen MR) is 213 cm³/mol. The van der Waals surface area contributed by atoms with Gasteiger partial charge < -0.3 is 19.2 Å². The fourth-order valence-electron chi connectivity index (χ4n) is 9.09. The third-order valence-corrected chi connectivity index (χ3v) is 15.0. The highest BCUT2D eigenvalue weighted by Crippen LogP contribution is 2.50. The lowest BCUT2D eigenvalue weighted by Crippen LogP contribution is -2.54. The van der Waals surface area contributed by atoms with Crippen LogP contribution in [0.1, 0.15) is 73.9 Å². The van der Waals surface area contributed by atoms with Gasteiger partial charge in [0.15, 0.2) is 0 Å². The summed E-state index contributed by atoms with van der Waals surface area (Å²) in [7, 11) is -1.42. The standard InChI is InChI=1S/C41H47ClN6O6S/c1-26-8-5-18-41(52-3,22-37(49)54-48-38-34(44-46-48)10-7-19-43-38)33-14-11-30(33)23-47-24-40(17-6-9-28-20-31(42)13-15-32(28)40)25-53-36-16-12-29(21-35(36)47)39(50)45-55(4,51)27(26)2/h5,7,10,12-13,15-16,18-21,26-27,30,33H,4,6,8-9,11,14,17,22-25H2,1-3H3,(H,45,50,51)/b18-5+/t26-,27+,30-,33+,40-,41+,55?/m0/s1. The van der Waals surface area contributed by atoms with Crippen molar-refractivity contribution in [2.24, 2.45) is 17.8 Å². The summed E-state index contributed by atoms with van der Waals surface area (Å²) in [5, 5.41) is 8.35. The number of rotatable bonds is 4. The van der Waals surface area contributed by atoms with Crippen molar-refractivity contribution in [3.8, 4) is 5.75 Å². The SMILES string of the molecule is C=S1(=O)NC(=O)c2ccc3c(c2)N(C[C@@H]2CC[C@H]2[C@@](CC(=O)On2nnc4cccnc42)(OC)/C=C/C[C@H](C)[C@H]1C)C[C@@]1(CCCc2cc(Cl)ccc21)CO3. The van der Waals surface area contributed by atoms with Crippen LogP contribution in [0, 0.1) is 17.8 Å². The van der Waals surface area contributed by atoms with Crippen LogP contribution in [0.5, 0.6) is 5.75 Å². The lowest BCUT2D eigenvalue weighted by atomic mass is 9.63. The zero-order valence-electron chi connectivity index (χ0n) is 31.4. The van der Waals surface area contributed by atoms with E-state index in [9.17, 15) is 13.8 Å². The van der Waals surface area contributed by atoms with Crippen molar-refractivity contribution in [3.05, 3.63) is 88.6 Å². The number of carbonyl (C=O) groups excluding carboxylic acids is 2. The minimum atomic E-state index is -3.06. The van der Waals surface area contributed by atoms with E-state index in [4.69, 9.17) is 25.9 Å². The molecule has 1 N–H and O–H groups in total. The topological polar surface area (TPSA) is 138 Å². The Labute approximate surface area is 326 Å². The number of aromatic nitrogens is 4. The number of hydrogen-bond donors (Lipinski definition) is 1. The van der Waals surface area contributed by atoms with Crippen LogP contribution in [0.3, 0.4) is 0 Å².